The van der Waals surface area contributed by atoms with Gasteiger partial charge in [-0.2, -0.15) is 0 Å². The number of aromatic nitrogens is 6. The molecule has 0 bridgehead atoms. The third-order valence-electron chi connectivity index (χ3n) is 5.88. The Labute approximate surface area is 192 Å². The molecule has 0 atom stereocenters. The van der Waals surface area contributed by atoms with Crippen LogP contribution in [0.4, 0.5) is 0 Å². The average Bonchev–Trinajstić information content (AvgIpc) is 3.47. The summed E-state index contributed by atoms with van der Waals surface area (Å²) >= 11 is 0. The highest BCUT2D eigenvalue weighted by molar-refractivity contribution is 4.88. The molecular formula is C22H48N10+4. The Balaban J connectivity index is 1.24. The van der Waals surface area contributed by atoms with Crippen molar-refractivity contribution in [2.24, 2.45) is 0 Å². The van der Waals surface area contributed by atoms with E-state index in [0.29, 0.717) is 13.1 Å². The molecule has 10 nitrogen and oxygen atoms in total. The molecular weight excluding hydrogens is 404 g/mol. The van der Waals surface area contributed by atoms with Crippen molar-refractivity contribution < 1.29 is 22.1 Å². The lowest BCUT2D eigenvalue weighted by molar-refractivity contribution is -0.656. The molecule has 0 radical (unpaired) electrons. The molecule has 0 aliphatic rings. The first-order chi connectivity index (χ1) is 15.8. The van der Waals surface area contributed by atoms with Crippen molar-refractivity contribution in [3.05, 3.63) is 23.8 Å². The molecule has 0 spiro atoms. The van der Waals surface area contributed by atoms with Crippen LogP contribution in [0.15, 0.2) is 12.4 Å². The molecule has 2 aromatic rings. The van der Waals surface area contributed by atoms with Gasteiger partial charge < -0.3 is 22.1 Å². The predicted molar refractivity (Wildman–Crippen MR) is 123 cm³/mol. The van der Waals surface area contributed by atoms with E-state index < -0.39 is 0 Å². The van der Waals surface area contributed by atoms with Crippen LogP contribution in [0.5, 0.6) is 0 Å². The lowest BCUT2D eigenvalue weighted by Crippen LogP contribution is -2.85. The van der Waals surface area contributed by atoms with Crippen LogP contribution in [0.1, 0.15) is 75.6 Å². The molecule has 182 valence electrons. The minimum atomic E-state index is 0.716. The number of hydrogen-bond donors (Lipinski definition) is 4. The average molecular weight is 453 g/mol. The standard InChI is InChI=1S/C22H44N10/c23-17-21-19-31(29-27-21)15-13-25-11-9-7-5-3-1-2-4-6-8-10-12-26-14-16-32-20-22(18-24)28-30-32/h19-20,25-26H,1-18,23-24H2/p+4. The fourth-order valence-corrected chi connectivity index (χ4v) is 3.85. The van der Waals surface area contributed by atoms with Crippen LogP contribution < -0.4 is 22.1 Å². The van der Waals surface area contributed by atoms with Crippen molar-refractivity contribution in [2.75, 3.05) is 26.2 Å². The summed E-state index contributed by atoms with van der Waals surface area (Å²) in [6.07, 6.45) is 17.8. The quantitative estimate of drug-likeness (QED) is 0.163. The SMILES string of the molecule is [NH3+]Cc1cn(CC[NH2+]CCCCCCCCCCCC[NH2+]CCn2cc(C[NH3+])nn2)nn1. The van der Waals surface area contributed by atoms with E-state index in [9.17, 15) is 0 Å². The zero-order valence-corrected chi connectivity index (χ0v) is 20.1. The summed E-state index contributed by atoms with van der Waals surface area (Å²) in [6, 6.07) is 0. The summed E-state index contributed by atoms with van der Waals surface area (Å²) in [4.78, 5) is 0. The fourth-order valence-electron chi connectivity index (χ4n) is 3.85. The fraction of sp³-hybridized carbons (Fsp3) is 0.818. The van der Waals surface area contributed by atoms with E-state index in [0.717, 1.165) is 37.6 Å². The normalized spacial score (nSPS) is 11.4. The summed E-state index contributed by atoms with van der Waals surface area (Å²) in [5, 5.41) is 21.2. The van der Waals surface area contributed by atoms with Crippen molar-refractivity contribution in [1.82, 2.24) is 30.0 Å². The van der Waals surface area contributed by atoms with Gasteiger partial charge in [0.15, 0.2) is 0 Å². The maximum atomic E-state index is 4.11. The maximum absolute atomic E-state index is 4.11. The minimum absolute atomic E-state index is 0.716. The van der Waals surface area contributed by atoms with Gasteiger partial charge in [0.1, 0.15) is 24.5 Å². The molecule has 0 amide bonds. The second-order valence-corrected chi connectivity index (χ2v) is 8.71. The molecule has 2 rings (SSSR count). The summed E-state index contributed by atoms with van der Waals surface area (Å²) in [7, 11) is 0. The van der Waals surface area contributed by atoms with Gasteiger partial charge in [-0.25, -0.2) is 9.36 Å². The Morgan fingerprint density at radius 1 is 0.562 bits per heavy atom. The Morgan fingerprint density at radius 3 is 1.28 bits per heavy atom. The smallest absolute Gasteiger partial charge is 0.137 e. The van der Waals surface area contributed by atoms with E-state index in [2.05, 4.69) is 42.7 Å². The molecule has 32 heavy (non-hydrogen) atoms. The summed E-state index contributed by atoms with van der Waals surface area (Å²) in [5.41, 5.74) is 9.61. The van der Waals surface area contributed by atoms with Gasteiger partial charge in [0.2, 0.25) is 0 Å². The van der Waals surface area contributed by atoms with E-state index in [-0.39, 0.29) is 0 Å². The zero-order chi connectivity index (χ0) is 22.7. The lowest BCUT2D eigenvalue weighted by atomic mass is 10.1. The monoisotopic (exact) mass is 452 g/mol. The van der Waals surface area contributed by atoms with Crippen molar-refractivity contribution in [3.8, 4) is 0 Å². The number of nitrogens with zero attached hydrogens (tertiary/aromatic N) is 6. The van der Waals surface area contributed by atoms with E-state index in [1.165, 1.54) is 77.3 Å². The van der Waals surface area contributed by atoms with Gasteiger partial charge in [0.25, 0.3) is 0 Å². The van der Waals surface area contributed by atoms with Crippen LogP contribution in [0, 0.1) is 0 Å². The van der Waals surface area contributed by atoms with Crippen LogP contribution >= 0.6 is 0 Å². The number of nitrogens with two attached hydrogens (primary N) is 2. The molecule has 10 heteroatoms. The summed E-state index contributed by atoms with van der Waals surface area (Å²) in [5.74, 6) is 0. The first-order valence-corrected chi connectivity index (χ1v) is 12.8. The third-order valence-corrected chi connectivity index (χ3v) is 5.88. The van der Waals surface area contributed by atoms with Gasteiger partial charge in [0.05, 0.1) is 51.7 Å². The first kappa shape index (κ1) is 26.4. The highest BCUT2D eigenvalue weighted by Gasteiger charge is 2.02. The molecule has 0 aliphatic heterocycles. The number of unbranched alkanes of at least 4 members (excludes halogenated alkanes) is 9. The molecule has 2 aromatic heterocycles. The molecule has 0 saturated carbocycles. The Hall–Kier alpha value is -1.88. The van der Waals surface area contributed by atoms with Gasteiger partial charge in [-0.05, 0) is 25.7 Å². The predicted octanol–water partition coefficient (Wildman–Crippen LogP) is -1.92. The highest BCUT2D eigenvalue weighted by atomic mass is 15.4. The second-order valence-electron chi connectivity index (χ2n) is 8.71. The van der Waals surface area contributed by atoms with Crippen LogP contribution in [0.25, 0.3) is 0 Å². The number of rotatable bonds is 21. The number of quaternary nitrogens is 4. The second kappa shape index (κ2) is 17.6. The van der Waals surface area contributed by atoms with Crippen LogP contribution in [0.3, 0.4) is 0 Å². The Morgan fingerprint density at radius 2 is 0.938 bits per heavy atom. The van der Waals surface area contributed by atoms with Crippen molar-refractivity contribution in [2.45, 2.75) is 90.4 Å². The molecule has 0 aliphatic carbocycles. The summed E-state index contributed by atoms with van der Waals surface area (Å²) < 4.78 is 3.85. The van der Waals surface area contributed by atoms with E-state index >= 15 is 0 Å². The van der Waals surface area contributed by atoms with Crippen LogP contribution in [-0.2, 0) is 26.2 Å². The van der Waals surface area contributed by atoms with Gasteiger partial charge in [-0.3, -0.25) is 0 Å². The van der Waals surface area contributed by atoms with E-state index in [1.807, 2.05) is 21.8 Å². The molecule has 10 N–H and O–H groups in total. The van der Waals surface area contributed by atoms with Gasteiger partial charge in [-0.15, -0.1) is 10.2 Å². The first-order valence-electron chi connectivity index (χ1n) is 12.8. The van der Waals surface area contributed by atoms with Crippen molar-refractivity contribution in [3.63, 3.8) is 0 Å². The van der Waals surface area contributed by atoms with E-state index in [1.54, 1.807) is 0 Å². The van der Waals surface area contributed by atoms with Gasteiger partial charge in [-0.1, -0.05) is 49.0 Å². The van der Waals surface area contributed by atoms with Crippen molar-refractivity contribution in [1.29, 1.82) is 0 Å². The van der Waals surface area contributed by atoms with Crippen LogP contribution in [-0.4, -0.2) is 56.2 Å². The molecule has 0 fully saturated rings. The number of hydrogen-bond acceptors (Lipinski definition) is 4. The largest absolute Gasteiger partial charge is 0.352 e. The molecule has 0 aromatic carbocycles. The zero-order valence-electron chi connectivity index (χ0n) is 20.1. The minimum Gasteiger partial charge on any atom is -0.352 e. The molecule has 0 unspecified atom stereocenters. The highest BCUT2D eigenvalue weighted by Crippen LogP contribution is 2.09. The van der Waals surface area contributed by atoms with Gasteiger partial charge in [0, 0.05) is 0 Å². The molecule has 0 saturated heterocycles. The topological polar surface area (TPSA) is 150 Å². The lowest BCUT2D eigenvalue weighted by Gasteiger charge is -2.04. The Bertz CT molecular complexity index is 626. The van der Waals surface area contributed by atoms with Crippen molar-refractivity contribution >= 4 is 0 Å². The molecule has 2 heterocycles. The van der Waals surface area contributed by atoms with Crippen LogP contribution in [0.2, 0.25) is 0 Å². The maximum Gasteiger partial charge on any atom is 0.137 e. The van der Waals surface area contributed by atoms with Gasteiger partial charge >= 0.3 is 0 Å². The van der Waals surface area contributed by atoms with E-state index in [4.69, 9.17) is 0 Å². The summed E-state index contributed by atoms with van der Waals surface area (Å²) in [6.45, 7) is 7.92. The Kier molecular flexibility index (Phi) is 14.5. The third kappa shape index (κ3) is 12.2.